The Labute approximate surface area is 172 Å². The van der Waals surface area contributed by atoms with Gasteiger partial charge in [-0.05, 0) is 38.5 Å². The molecular weight excluding hydrogens is 392 g/mol. The molecule has 0 unspecified atom stereocenters. The third-order valence-corrected chi connectivity index (χ3v) is 5.04. The van der Waals surface area contributed by atoms with Crippen LogP contribution in [0.2, 0.25) is 0 Å². The quantitative estimate of drug-likeness (QED) is 0.610. The number of hydrogen-bond acceptors (Lipinski definition) is 5. The highest BCUT2D eigenvalue weighted by atomic mass is 19.3. The first-order valence-electron chi connectivity index (χ1n) is 9.64. The number of nitrogens with zero attached hydrogens (tertiary/aromatic N) is 5. The van der Waals surface area contributed by atoms with Crippen LogP contribution in [-0.2, 0) is 6.54 Å². The molecule has 0 N–H and O–H groups in total. The van der Waals surface area contributed by atoms with Crippen LogP contribution in [-0.4, -0.2) is 38.7 Å². The molecular formula is C21H21F2N5O2. The Morgan fingerprint density at radius 1 is 1.27 bits per heavy atom. The predicted octanol–water partition coefficient (Wildman–Crippen LogP) is 4.03. The number of anilines is 1. The lowest BCUT2D eigenvalue weighted by atomic mass is 10.0. The van der Waals surface area contributed by atoms with Crippen LogP contribution in [0.15, 0.2) is 36.8 Å². The molecule has 156 valence electrons. The van der Waals surface area contributed by atoms with Crippen molar-refractivity contribution in [1.82, 2.24) is 19.7 Å². The van der Waals surface area contributed by atoms with Gasteiger partial charge in [-0.2, -0.15) is 5.10 Å². The summed E-state index contributed by atoms with van der Waals surface area (Å²) in [6.07, 6.45) is 2.24. The van der Waals surface area contributed by atoms with E-state index in [1.807, 2.05) is 33.0 Å². The van der Waals surface area contributed by atoms with Gasteiger partial charge in [0.2, 0.25) is 0 Å². The molecule has 1 amide bonds. The molecule has 30 heavy (non-hydrogen) atoms. The van der Waals surface area contributed by atoms with Crippen molar-refractivity contribution in [2.75, 3.05) is 11.5 Å². The van der Waals surface area contributed by atoms with E-state index in [0.29, 0.717) is 34.9 Å². The van der Waals surface area contributed by atoms with E-state index in [0.717, 1.165) is 5.56 Å². The Morgan fingerprint density at radius 2 is 2.07 bits per heavy atom. The second-order valence-electron chi connectivity index (χ2n) is 7.08. The van der Waals surface area contributed by atoms with Crippen molar-refractivity contribution in [2.24, 2.45) is 0 Å². The average Bonchev–Trinajstić information content (AvgIpc) is 3.29. The standard InChI is InChI=1S/C21H21F2N5O2/c1-4-27-6-5-18(26-27)28-13(3)20-19(21(28)29)12(2)7-16(25-20)14-8-15(10-24-9-14)30-11-17(22)23/h5-10,13,17H,4,11H2,1-3H3/t13-/m1/s1. The van der Waals surface area contributed by atoms with Gasteiger partial charge in [0.1, 0.15) is 12.4 Å². The third kappa shape index (κ3) is 3.51. The van der Waals surface area contributed by atoms with Crippen molar-refractivity contribution in [2.45, 2.75) is 39.8 Å². The molecule has 3 aromatic heterocycles. The van der Waals surface area contributed by atoms with Gasteiger partial charge < -0.3 is 4.74 Å². The topological polar surface area (TPSA) is 73.1 Å². The van der Waals surface area contributed by atoms with Crippen molar-refractivity contribution in [3.05, 3.63) is 53.6 Å². The van der Waals surface area contributed by atoms with Crippen LogP contribution in [0.5, 0.6) is 5.75 Å². The fraction of sp³-hybridized carbons (Fsp3) is 0.333. The molecule has 1 aliphatic rings. The SMILES string of the molecule is CCn1ccc(N2C(=O)c3c(C)cc(-c4cncc(OCC(F)F)c4)nc3[C@H]2C)n1. The van der Waals surface area contributed by atoms with Crippen LogP contribution in [0.1, 0.15) is 41.5 Å². The molecule has 0 fully saturated rings. The smallest absolute Gasteiger partial charge is 0.272 e. The molecule has 0 aromatic carbocycles. The minimum atomic E-state index is -2.57. The Balaban J connectivity index is 1.69. The number of ether oxygens (including phenoxy) is 1. The van der Waals surface area contributed by atoms with Crippen LogP contribution in [0.25, 0.3) is 11.3 Å². The lowest BCUT2D eigenvalue weighted by Gasteiger charge is -2.18. The van der Waals surface area contributed by atoms with Crippen LogP contribution in [0.3, 0.4) is 0 Å². The molecule has 0 saturated carbocycles. The second kappa shape index (κ2) is 7.81. The average molecular weight is 413 g/mol. The summed E-state index contributed by atoms with van der Waals surface area (Å²) in [6.45, 7) is 5.75. The molecule has 7 nitrogen and oxygen atoms in total. The lowest BCUT2D eigenvalue weighted by molar-refractivity contribution is 0.0817. The van der Waals surface area contributed by atoms with E-state index in [9.17, 15) is 13.6 Å². The first kappa shape index (κ1) is 19.9. The maximum Gasteiger partial charge on any atom is 0.272 e. The van der Waals surface area contributed by atoms with E-state index in [-0.39, 0.29) is 17.7 Å². The summed E-state index contributed by atoms with van der Waals surface area (Å²) >= 11 is 0. The molecule has 0 radical (unpaired) electrons. The van der Waals surface area contributed by atoms with Gasteiger partial charge in [-0.1, -0.05) is 0 Å². The van der Waals surface area contributed by atoms with Gasteiger partial charge in [-0.25, -0.2) is 13.8 Å². The van der Waals surface area contributed by atoms with Gasteiger partial charge in [0, 0.05) is 30.6 Å². The maximum absolute atomic E-state index is 13.1. The predicted molar refractivity (Wildman–Crippen MR) is 107 cm³/mol. The molecule has 1 aliphatic heterocycles. The lowest BCUT2D eigenvalue weighted by Crippen LogP contribution is -2.27. The van der Waals surface area contributed by atoms with E-state index in [4.69, 9.17) is 9.72 Å². The van der Waals surface area contributed by atoms with Crippen molar-refractivity contribution >= 4 is 11.7 Å². The normalized spacial score (nSPS) is 15.7. The van der Waals surface area contributed by atoms with Gasteiger partial charge in [-0.15, -0.1) is 0 Å². The van der Waals surface area contributed by atoms with Crippen LogP contribution in [0.4, 0.5) is 14.6 Å². The maximum atomic E-state index is 13.1. The first-order chi connectivity index (χ1) is 14.4. The molecule has 4 rings (SSSR count). The summed E-state index contributed by atoms with van der Waals surface area (Å²) < 4.78 is 31.7. The molecule has 0 saturated heterocycles. The van der Waals surface area contributed by atoms with Crippen LogP contribution in [0, 0.1) is 6.92 Å². The number of pyridine rings is 2. The zero-order valence-corrected chi connectivity index (χ0v) is 16.8. The monoisotopic (exact) mass is 413 g/mol. The highest BCUT2D eigenvalue weighted by Gasteiger charge is 2.39. The number of alkyl halides is 2. The van der Waals surface area contributed by atoms with E-state index in [1.54, 1.807) is 27.9 Å². The van der Waals surface area contributed by atoms with E-state index >= 15 is 0 Å². The summed E-state index contributed by atoms with van der Waals surface area (Å²) in [4.78, 5) is 23.5. The fourth-order valence-electron chi connectivity index (χ4n) is 3.60. The minimum Gasteiger partial charge on any atom is -0.486 e. The number of hydrogen-bond donors (Lipinski definition) is 0. The number of amides is 1. The molecule has 1 atom stereocenters. The summed E-state index contributed by atoms with van der Waals surface area (Å²) in [5.74, 6) is 0.684. The molecule has 0 spiro atoms. The molecule has 3 aromatic rings. The molecule has 0 bridgehead atoms. The summed E-state index contributed by atoms with van der Waals surface area (Å²) in [7, 11) is 0. The Kier molecular flexibility index (Phi) is 5.19. The van der Waals surface area contributed by atoms with Gasteiger partial charge in [-0.3, -0.25) is 19.4 Å². The van der Waals surface area contributed by atoms with Crippen LogP contribution >= 0.6 is 0 Å². The van der Waals surface area contributed by atoms with E-state index < -0.39 is 13.0 Å². The Hall–Kier alpha value is -3.36. The molecule has 9 heteroatoms. The zero-order valence-electron chi connectivity index (χ0n) is 16.8. The second-order valence-corrected chi connectivity index (χ2v) is 7.08. The summed E-state index contributed by atoms with van der Waals surface area (Å²) in [5, 5.41) is 4.46. The van der Waals surface area contributed by atoms with Gasteiger partial charge >= 0.3 is 0 Å². The van der Waals surface area contributed by atoms with Gasteiger partial charge in [0.15, 0.2) is 5.82 Å². The molecule has 0 aliphatic carbocycles. The number of halogens is 2. The number of carbonyl (C=O) groups excluding carboxylic acids is 1. The Bertz CT molecular complexity index is 1100. The van der Waals surface area contributed by atoms with Crippen LogP contribution < -0.4 is 9.64 Å². The van der Waals surface area contributed by atoms with E-state index in [2.05, 4.69) is 10.1 Å². The highest BCUT2D eigenvalue weighted by molar-refractivity contribution is 6.11. The van der Waals surface area contributed by atoms with Crippen molar-refractivity contribution < 1.29 is 18.3 Å². The summed E-state index contributed by atoms with van der Waals surface area (Å²) in [6, 6.07) is 4.93. The number of carbonyl (C=O) groups is 1. The zero-order chi connectivity index (χ0) is 21.4. The van der Waals surface area contributed by atoms with Crippen molar-refractivity contribution in [3.63, 3.8) is 0 Å². The van der Waals surface area contributed by atoms with Crippen molar-refractivity contribution in [3.8, 4) is 17.0 Å². The highest BCUT2D eigenvalue weighted by Crippen LogP contribution is 2.38. The van der Waals surface area contributed by atoms with Crippen molar-refractivity contribution in [1.29, 1.82) is 0 Å². The number of aryl methyl sites for hydroxylation is 2. The third-order valence-electron chi connectivity index (χ3n) is 5.04. The Morgan fingerprint density at radius 3 is 2.77 bits per heavy atom. The largest absolute Gasteiger partial charge is 0.486 e. The van der Waals surface area contributed by atoms with Gasteiger partial charge in [0.05, 0.1) is 29.2 Å². The number of rotatable bonds is 6. The summed E-state index contributed by atoms with van der Waals surface area (Å²) in [5.41, 5.74) is 3.22. The first-order valence-corrected chi connectivity index (χ1v) is 9.64. The minimum absolute atomic E-state index is 0.137. The van der Waals surface area contributed by atoms with E-state index in [1.165, 1.54) is 6.20 Å². The fourth-order valence-corrected chi connectivity index (χ4v) is 3.60. The number of fused-ring (bicyclic) bond motifs is 1. The van der Waals surface area contributed by atoms with Gasteiger partial charge in [0.25, 0.3) is 12.3 Å². The number of aromatic nitrogens is 4. The molecule has 4 heterocycles.